The molecule has 4 heteroatoms. The van der Waals surface area contributed by atoms with Crippen molar-refractivity contribution in [1.82, 2.24) is 4.98 Å². The zero-order chi connectivity index (χ0) is 18.0. The van der Waals surface area contributed by atoms with E-state index in [-0.39, 0.29) is 11.3 Å². The summed E-state index contributed by atoms with van der Waals surface area (Å²) in [7, 11) is 0. The zero-order valence-electron chi connectivity index (χ0n) is 14.4. The van der Waals surface area contributed by atoms with Crippen molar-refractivity contribution < 1.29 is 14.7 Å². The van der Waals surface area contributed by atoms with E-state index in [0.717, 1.165) is 34.9 Å². The number of aromatic carboxylic acids is 1. The summed E-state index contributed by atoms with van der Waals surface area (Å²) in [5.74, 6) is -0.898. The molecule has 0 unspecified atom stereocenters. The third-order valence-electron chi connectivity index (χ3n) is 4.47. The number of carbonyl (C=O) groups excluding carboxylic acids is 1. The first kappa shape index (κ1) is 17.0. The van der Waals surface area contributed by atoms with Gasteiger partial charge in [0.25, 0.3) is 0 Å². The van der Waals surface area contributed by atoms with E-state index >= 15 is 0 Å². The molecule has 4 nitrogen and oxygen atoms in total. The van der Waals surface area contributed by atoms with Gasteiger partial charge in [-0.1, -0.05) is 43.7 Å². The first-order valence-corrected chi connectivity index (χ1v) is 8.51. The molecule has 0 amide bonds. The van der Waals surface area contributed by atoms with Gasteiger partial charge in [-0.25, -0.2) is 4.79 Å². The summed E-state index contributed by atoms with van der Waals surface area (Å²) in [5, 5.41) is 10.2. The van der Waals surface area contributed by atoms with Gasteiger partial charge in [0.15, 0.2) is 5.78 Å². The third-order valence-corrected chi connectivity index (χ3v) is 4.47. The Morgan fingerprint density at radius 3 is 2.48 bits per heavy atom. The normalized spacial score (nSPS) is 11.0. The standard InChI is InChI=1S/C21H21NO3/c1-3-4-10-18(23)20-19(14-8-6-5-7-9-14)16-12-15(21(24)25)13(2)11-17(16)22-20/h5-9,11-12,22H,3-4,10H2,1-2H3,(H,24,25). The number of hydrogen-bond donors (Lipinski definition) is 2. The minimum Gasteiger partial charge on any atom is -0.478 e. The summed E-state index contributed by atoms with van der Waals surface area (Å²) in [5.41, 5.74) is 4.00. The van der Waals surface area contributed by atoms with E-state index in [1.54, 1.807) is 13.0 Å². The van der Waals surface area contributed by atoms with Gasteiger partial charge in [0, 0.05) is 22.9 Å². The number of fused-ring (bicyclic) bond motifs is 1. The number of aryl methyl sites for hydroxylation is 1. The molecule has 0 aliphatic rings. The minimum absolute atomic E-state index is 0.0615. The fraction of sp³-hybridized carbons (Fsp3) is 0.238. The molecule has 128 valence electrons. The van der Waals surface area contributed by atoms with Gasteiger partial charge >= 0.3 is 5.97 Å². The molecule has 0 radical (unpaired) electrons. The molecule has 2 aromatic carbocycles. The molecular formula is C21H21NO3. The van der Waals surface area contributed by atoms with Crippen molar-refractivity contribution in [3.8, 4) is 11.1 Å². The van der Waals surface area contributed by atoms with E-state index in [1.165, 1.54) is 0 Å². The second kappa shape index (κ2) is 6.93. The quantitative estimate of drug-likeness (QED) is 0.607. The maximum Gasteiger partial charge on any atom is 0.335 e. The monoisotopic (exact) mass is 335 g/mol. The predicted octanol–water partition coefficient (Wildman–Crippen LogP) is 5.21. The molecular weight excluding hydrogens is 314 g/mol. The van der Waals surface area contributed by atoms with E-state index in [2.05, 4.69) is 11.9 Å². The highest BCUT2D eigenvalue weighted by Crippen LogP contribution is 2.35. The first-order chi connectivity index (χ1) is 12.0. The number of rotatable bonds is 6. The second-order valence-electron chi connectivity index (χ2n) is 6.29. The molecule has 3 rings (SSSR count). The van der Waals surface area contributed by atoms with Gasteiger partial charge in [-0.2, -0.15) is 0 Å². The Morgan fingerprint density at radius 1 is 1.12 bits per heavy atom. The molecule has 0 atom stereocenters. The summed E-state index contributed by atoms with van der Waals surface area (Å²) in [4.78, 5) is 27.5. The largest absolute Gasteiger partial charge is 0.478 e. The van der Waals surface area contributed by atoms with Crippen LogP contribution in [-0.4, -0.2) is 21.8 Å². The van der Waals surface area contributed by atoms with Crippen LogP contribution in [0.2, 0.25) is 0 Å². The van der Waals surface area contributed by atoms with E-state index < -0.39 is 5.97 Å². The van der Waals surface area contributed by atoms with Gasteiger partial charge in [0.2, 0.25) is 0 Å². The SMILES string of the molecule is CCCCC(=O)c1[nH]c2cc(C)c(C(=O)O)cc2c1-c1ccccc1. The number of aromatic amines is 1. The number of nitrogens with one attached hydrogen (secondary N) is 1. The highest BCUT2D eigenvalue weighted by atomic mass is 16.4. The van der Waals surface area contributed by atoms with E-state index in [4.69, 9.17) is 0 Å². The van der Waals surface area contributed by atoms with Gasteiger partial charge in [-0.3, -0.25) is 4.79 Å². The maximum absolute atomic E-state index is 12.7. The van der Waals surface area contributed by atoms with Crippen molar-refractivity contribution >= 4 is 22.7 Å². The maximum atomic E-state index is 12.7. The lowest BCUT2D eigenvalue weighted by Gasteiger charge is -2.06. The van der Waals surface area contributed by atoms with Crippen molar-refractivity contribution in [3.63, 3.8) is 0 Å². The van der Waals surface area contributed by atoms with E-state index in [0.29, 0.717) is 17.7 Å². The number of benzene rings is 2. The number of hydrogen-bond acceptors (Lipinski definition) is 2. The Balaban J connectivity index is 2.28. The van der Waals surface area contributed by atoms with Crippen LogP contribution >= 0.6 is 0 Å². The number of carboxylic acids is 1. The van der Waals surface area contributed by atoms with Crippen LogP contribution in [0.15, 0.2) is 42.5 Å². The number of ketones is 1. The highest BCUT2D eigenvalue weighted by Gasteiger charge is 2.21. The van der Waals surface area contributed by atoms with E-state index in [9.17, 15) is 14.7 Å². The number of carbonyl (C=O) groups is 2. The van der Waals surface area contributed by atoms with Crippen LogP contribution in [0.4, 0.5) is 0 Å². The van der Waals surface area contributed by atoms with Crippen molar-refractivity contribution in [1.29, 1.82) is 0 Å². The fourth-order valence-corrected chi connectivity index (χ4v) is 3.16. The van der Waals surface area contributed by atoms with Gasteiger partial charge in [-0.05, 0) is 36.6 Å². The molecule has 0 saturated carbocycles. The van der Waals surface area contributed by atoms with Crippen LogP contribution in [0.5, 0.6) is 0 Å². The highest BCUT2D eigenvalue weighted by molar-refractivity contribution is 6.11. The van der Waals surface area contributed by atoms with Gasteiger partial charge < -0.3 is 10.1 Å². The number of H-pyrrole nitrogens is 1. The lowest BCUT2D eigenvalue weighted by Crippen LogP contribution is -2.01. The Bertz CT molecular complexity index is 939. The van der Waals surface area contributed by atoms with E-state index in [1.807, 2.05) is 36.4 Å². The Labute approximate surface area is 146 Å². The lowest BCUT2D eigenvalue weighted by molar-refractivity contribution is 0.0696. The fourth-order valence-electron chi connectivity index (χ4n) is 3.16. The van der Waals surface area contributed by atoms with Gasteiger partial charge in [0.1, 0.15) is 0 Å². The average Bonchev–Trinajstić information content (AvgIpc) is 2.97. The molecule has 25 heavy (non-hydrogen) atoms. The number of unbranched alkanes of at least 4 members (excludes halogenated alkanes) is 1. The first-order valence-electron chi connectivity index (χ1n) is 8.51. The molecule has 0 bridgehead atoms. The summed E-state index contributed by atoms with van der Waals surface area (Å²) in [6, 6.07) is 13.1. The molecule has 3 aromatic rings. The molecule has 0 aliphatic heterocycles. The van der Waals surface area contributed by atoms with Crippen LogP contribution in [0, 0.1) is 6.92 Å². The molecule has 0 spiro atoms. The predicted molar refractivity (Wildman–Crippen MR) is 99.3 cm³/mol. The van der Waals surface area contributed by atoms with Crippen LogP contribution in [0.1, 0.15) is 52.6 Å². The molecule has 1 aromatic heterocycles. The van der Waals surface area contributed by atoms with Gasteiger partial charge in [-0.15, -0.1) is 0 Å². The number of carboxylic acid groups (broad SMARTS) is 1. The molecule has 0 saturated heterocycles. The van der Waals surface area contributed by atoms with Crippen molar-refractivity contribution in [2.45, 2.75) is 33.1 Å². The molecule has 0 fully saturated rings. The lowest BCUT2D eigenvalue weighted by atomic mass is 9.96. The van der Waals surface area contributed by atoms with Crippen LogP contribution in [0.25, 0.3) is 22.0 Å². The third kappa shape index (κ3) is 3.20. The average molecular weight is 335 g/mol. The second-order valence-corrected chi connectivity index (χ2v) is 6.29. The Kier molecular flexibility index (Phi) is 4.70. The Morgan fingerprint density at radius 2 is 1.84 bits per heavy atom. The van der Waals surface area contributed by atoms with Crippen LogP contribution in [0.3, 0.4) is 0 Å². The minimum atomic E-state index is -0.960. The summed E-state index contributed by atoms with van der Waals surface area (Å²) in [6.45, 7) is 3.82. The molecule has 0 aliphatic carbocycles. The zero-order valence-corrected chi connectivity index (χ0v) is 14.4. The summed E-state index contributed by atoms with van der Waals surface area (Å²) >= 11 is 0. The summed E-state index contributed by atoms with van der Waals surface area (Å²) in [6.07, 6.45) is 2.27. The van der Waals surface area contributed by atoms with Crippen molar-refractivity contribution in [3.05, 3.63) is 59.3 Å². The number of aromatic nitrogens is 1. The van der Waals surface area contributed by atoms with Crippen LogP contribution in [-0.2, 0) is 0 Å². The Hall–Kier alpha value is -2.88. The van der Waals surface area contributed by atoms with Crippen molar-refractivity contribution in [2.75, 3.05) is 0 Å². The topological polar surface area (TPSA) is 70.2 Å². The molecule has 1 heterocycles. The van der Waals surface area contributed by atoms with Gasteiger partial charge in [0.05, 0.1) is 11.3 Å². The van der Waals surface area contributed by atoms with Crippen molar-refractivity contribution in [2.24, 2.45) is 0 Å². The summed E-state index contributed by atoms with van der Waals surface area (Å²) < 4.78 is 0. The van der Waals surface area contributed by atoms with Crippen LogP contribution < -0.4 is 0 Å². The number of Topliss-reactive ketones (excluding diaryl/α,β-unsaturated/α-hetero) is 1. The smallest absolute Gasteiger partial charge is 0.335 e. The molecule has 2 N–H and O–H groups in total.